The van der Waals surface area contributed by atoms with Crippen LogP contribution in [0.5, 0.6) is 0 Å². The lowest BCUT2D eigenvalue weighted by atomic mass is 9.98. The summed E-state index contributed by atoms with van der Waals surface area (Å²) in [6.45, 7) is 5.65. The molecule has 1 heterocycles. The van der Waals surface area contributed by atoms with Crippen LogP contribution in [0.15, 0.2) is 29.2 Å². The van der Waals surface area contributed by atoms with Crippen LogP contribution in [0.1, 0.15) is 20.8 Å². The highest BCUT2D eigenvalue weighted by atomic mass is 32.2. The first kappa shape index (κ1) is 14.9. The van der Waals surface area contributed by atoms with E-state index in [1.54, 1.807) is 23.6 Å². The lowest BCUT2D eigenvalue weighted by Gasteiger charge is -2.39. The van der Waals surface area contributed by atoms with E-state index in [1.165, 1.54) is 0 Å². The molecular weight excluding hydrogens is 272 g/mol. The Balaban J connectivity index is 2.46. The van der Waals surface area contributed by atoms with Gasteiger partial charge >= 0.3 is 0 Å². The average Bonchev–Trinajstić information content (AvgIpc) is 2.43. The van der Waals surface area contributed by atoms with Crippen molar-refractivity contribution in [3.05, 3.63) is 24.3 Å². The van der Waals surface area contributed by atoms with Crippen LogP contribution in [0.25, 0.3) is 0 Å². The number of benzene rings is 1. The van der Waals surface area contributed by atoms with Gasteiger partial charge in [0.15, 0.2) is 0 Å². The van der Waals surface area contributed by atoms with Gasteiger partial charge in [0.05, 0.1) is 5.69 Å². The molecule has 20 heavy (non-hydrogen) atoms. The molecular formula is C15H20N2O2S. The SMILES string of the molecule is CSc1ccccc1N1C(=O)C(C(C)C)NC(=O)C1C. The van der Waals surface area contributed by atoms with Crippen molar-refractivity contribution in [3.8, 4) is 0 Å². The van der Waals surface area contributed by atoms with Gasteiger partial charge in [0, 0.05) is 4.90 Å². The third kappa shape index (κ3) is 2.54. The summed E-state index contributed by atoms with van der Waals surface area (Å²) in [4.78, 5) is 27.5. The number of piperazine rings is 1. The fourth-order valence-electron chi connectivity index (χ4n) is 2.40. The molecule has 1 N–H and O–H groups in total. The van der Waals surface area contributed by atoms with Gasteiger partial charge in [-0.05, 0) is 31.2 Å². The predicted octanol–water partition coefficient (Wildman–Crippen LogP) is 2.28. The molecule has 1 aromatic carbocycles. The van der Waals surface area contributed by atoms with Crippen molar-refractivity contribution in [1.29, 1.82) is 0 Å². The molecule has 1 fully saturated rings. The largest absolute Gasteiger partial charge is 0.342 e. The first-order valence-electron chi connectivity index (χ1n) is 6.73. The Labute approximate surface area is 123 Å². The third-order valence-corrected chi connectivity index (χ3v) is 4.36. The van der Waals surface area contributed by atoms with E-state index in [9.17, 15) is 9.59 Å². The summed E-state index contributed by atoms with van der Waals surface area (Å²) in [5, 5.41) is 2.82. The number of anilines is 1. The van der Waals surface area contributed by atoms with E-state index in [0.717, 1.165) is 10.6 Å². The van der Waals surface area contributed by atoms with E-state index in [2.05, 4.69) is 5.32 Å². The minimum absolute atomic E-state index is 0.0337. The van der Waals surface area contributed by atoms with Crippen molar-refractivity contribution in [1.82, 2.24) is 5.32 Å². The van der Waals surface area contributed by atoms with Crippen LogP contribution in [-0.2, 0) is 9.59 Å². The van der Waals surface area contributed by atoms with Crippen molar-refractivity contribution >= 4 is 29.3 Å². The molecule has 0 radical (unpaired) electrons. The lowest BCUT2D eigenvalue weighted by Crippen LogP contribution is -2.64. The molecule has 1 aromatic rings. The van der Waals surface area contributed by atoms with Gasteiger partial charge in [-0.2, -0.15) is 0 Å². The van der Waals surface area contributed by atoms with Gasteiger partial charge < -0.3 is 5.32 Å². The number of nitrogens with one attached hydrogen (secondary N) is 1. The van der Waals surface area contributed by atoms with Crippen LogP contribution in [-0.4, -0.2) is 30.2 Å². The first-order valence-corrected chi connectivity index (χ1v) is 7.96. The first-order chi connectivity index (χ1) is 9.47. The van der Waals surface area contributed by atoms with Crippen molar-refractivity contribution < 1.29 is 9.59 Å². The highest BCUT2D eigenvalue weighted by molar-refractivity contribution is 7.98. The molecule has 1 aliphatic heterocycles. The quantitative estimate of drug-likeness (QED) is 0.870. The van der Waals surface area contributed by atoms with Gasteiger partial charge in [0.25, 0.3) is 5.91 Å². The molecule has 108 valence electrons. The van der Waals surface area contributed by atoms with E-state index in [-0.39, 0.29) is 17.7 Å². The molecule has 2 unspecified atom stereocenters. The summed E-state index contributed by atoms with van der Waals surface area (Å²) >= 11 is 1.58. The average molecular weight is 292 g/mol. The van der Waals surface area contributed by atoms with Crippen LogP contribution in [0.4, 0.5) is 5.69 Å². The van der Waals surface area contributed by atoms with E-state index < -0.39 is 12.1 Å². The number of para-hydroxylation sites is 1. The molecule has 2 atom stereocenters. The van der Waals surface area contributed by atoms with E-state index in [4.69, 9.17) is 0 Å². The summed E-state index contributed by atoms with van der Waals surface area (Å²) in [5.74, 6) is -0.0595. The minimum atomic E-state index is -0.481. The zero-order valence-corrected chi connectivity index (χ0v) is 13.0. The van der Waals surface area contributed by atoms with Crippen molar-refractivity contribution in [3.63, 3.8) is 0 Å². The van der Waals surface area contributed by atoms with Gasteiger partial charge in [-0.25, -0.2) is 0 Å². The molecule has 2 rings (SSSR count). The number of amides is 2. The van der Waals surface area contributed by atoms with Gasteiger partial charge in [-0.15, -0.1) is 11.8 Å². The Morgan fingerprint density at radius 2 is 1.90 bits per heavy atom. The molecule has 0 bridgehead atoms. The van der Waals surface area contributed by atoms with Crippen LogP contribution < -0.4 is 10.2 Å². The van der Waals surface area contributed by atoms with E-state index in [0.29, 0.717) is 0 Å². The number of hydrogen-bond donors (Lipinski definition) is 1. The maximum atomic E-state index is 12.7. The maximum Gasteiger partial charge on any atom is 0.250 e. The monoisotopic (exact) mass is 292 g/mol. The van der Waals surface area contributed by atoms with Crippen LogP contribution >= 0.6 is 11.8 Å². The van der Waals surface area contributed by atoms with Gasteiger partial charge in [0.2, 0.25) is 5.91 Å². The topological polar surface area (TPSA) is 49.4 Å². The number of hydrogen-bond acceptors (Lipinski definition) is 3. The zero-order valence-electron chi connectivity index (χ0n) is 12.2. The van der Waals surface area contributed by atoms with Crippen LogP contribution in [0.2, 0.25) is 0 Å². The Morgan fingerprint density at radius 1 is 1.25 bits per heavy atom. The molecule has 0 saturated carbocycles. The fourth-order valence-corrected chi connectivity index (χ4v) is 2.99. The Bertz CT molecular complexity index is 530. The highest BCUT2D eigenvalue weighted by Gasteiger charge is 2.40. The second kappa shape index (κ2) is 5.87. The number of carbonyl (C=O) groups is 2. The Morgan fingerprint density at radius 3 is 2.50 bits per heavy atom. The third-order valence-electron chi connectivity index (χ3n) is 3.58. The van der Waals surface area contributed by atoms with E-state index in [1.807, 2.05) is 44.4 Å². The van der Waals surface area contributed by atoms with Crippen LogP contribution in [0, 0.1) is 5.92 Å². The molecule has 1 saturated heterocycles. The van der Waals surface area contributed by atoms with Gasteiger partial charge in [-0.1, -0.05) is 26.0 Å². The standard InChI is InChI=1S/C15H20N2O2S/c1-9(2)13-15(19)17(10(3)14(18)16-13)11-7-5-6-8-12(11)20-4/h5-10,13H,1-4H3,(H,16,18). The summed E-state index contributed by atoms with van der Waals surface area (Å²) in [6, 6.07) is 6.77. The molecule has 4 nitrogen and oxygen atoms in total. The molecule has 0 spiro atoms. The molecule has 1 aliphatic rings. The summed E-state index contributed by atoms with van der Waals surface area (Å²) in [5.41, 5.74) is 0.818. The molecule has 0 aromatic heterocycles. The number of thioether (sulfide) groups is 1. The lowest BCUT2D eigenvalue weighted by molar-refractivity contribution is -0.134. The van der Waals surface area contributed by atoms with Gasteiger partial charge in [-0.3, -0.25) is 14.5 Å². The molecule has 5 heteroatoms. The Hall–Kier alpha value is -1.49. The summed E-state index contributed by atoms with van der Waals surface area (Å²) in [7, 11) is 0. The van der Waals surface area contributed by atoms with Crippen molar-refractivity contribution in [2.45, 2.75) is 37.8 Å². The maximum absolute atomic E-state index is 12.7. The fraction of sp³-hybridized carbons (Fsp3) is 0.467. The van der Waals surface area contributed by atoms with E-state index >= 15 is 0 Å². The number of carbonyl (C=O) groups excluding carboxylic acids is 2. The minimum Gasteiger partial charge on any atom is -0.342 e. The van der Waals surface area contributed by atoms with Crippen LogP contribution in [0.3, 0.4) is 0 Å². The smallest absolute Gasteiger partial charge is 0.250 e. The predicted molar refractivity (Wildman–Crippen MR) is 81.9 cm³/mol. The second-order valence-corrected chi connectivity index (χ2v) is 6.13. The highest BCUT2D eigenvalue weighted by Crippen LogP contribution is 2.32. The van der Waals surface area contributed by atoms with Gasteiger partial charge in [0.1, 0.15) is 12.1 Å². The number of nitrogens with zero attached hydrogens (tertiary/aromatic N) is 1. The molecule has 2 amide bonds. The van der Waals surface area contributed by atoms with Crippen molar-refractivity contribution in [2.75, 3.05) is 11.2 Å². The van der Waals surface area contributed by atoms with Crippen molar-refractivity contribution in [2.24, 2.45) is 5.92 Å². The Kier molecular flexibility index (Phi) is 4.38. The molecule has 0 aliphatic carbocycles. The summed E-state index contributed by atoms with van der Waals surface area (Å²) < 4.78 is 0. The normalized spacial score (nSPS) is 23.1. The number of rotatable bonds is 3. The zero-order chi connectivity index (χ0) is 14.9. The second-order valence-electron chi connectivity index (χ2n) is 5.29. The summed E-state index contributed by atoms with van der Waals surface area (Å²) in [6.07, 6.45) is 1.97.